The Labute approximate surface area is 157 Å². The topological polar surface area (TPSA) is 139 Å². The summed E-state index contributed by atoms with van der Waals surface area (Å²) in [6.07, 6.45) is 0.956. The molecule has 0 aromatic heterocycles. The van der Waals surface area contributed by atoms with Gasteiger partial charge in [0.15, 0.2) is 6.61 Å². The van der Waals surface area contributed by atoms with E-state index in [0.717, 1.165) is 6.26 Å². The SMILES string of the molecule is Cc1cc(S(=O)(=O)Nc2ccccc2NS(C)(=O)=O)ccc1OCC(=O)O. The van der Waals surface area contributed by atoms with Crippen molar-refractivity contribution in [3.05, 3.63) is 48.0 Å². The Morgan fingerprint density at radius 3 is 2.15 bits per heavy atom. The zero-order valence-electron chi connectivity index (χ0n) is 14.5. The number of hydrogen-bond donors (Lipinski definition) is 3. The average molecular weight is 414 g/mol. The third-order valence-electron chi connectivity index (χ3n) is 3.27. The molecule has 9 nitrogen and oxygen atoms in total. The molecule has 0 unspecified atom stereocenters. The maximum Gasteiger partial charge on any atom is 0.341 e. The molecule has 0 aliphatic carbocycles. The van der Waals surface area contributed by atoms with Crippen LogP contribution in [0.5, 0.6) is 5.75 Å². The fourth-order valence-electron chi connectivity index (χ4n) is 2.16. The van der Waals surface area contributed by atoms with Gasteiger partial charge in [-0.3, -0.25) is 9.44 Å². The van der Waals surface area contributed by atoms with E-state index in [4.69, 9.17) is 9.84 Å². The summed E-state index contributed by atoms with van der Waals surface area (Å²) >= 11 is 0. The number of aliphatic carboxylic acids is 1. The second-order valence-corrected chi connectivity index (χ2v) is 9.07. The van der Waals surface area contributed by atoms with Crippen molar-refractivity contribution in [2.45, 2.75) is 11.8 Å². The summed E-state index contributed by atoms with van der Waals surface area (Å²) < 4.78 is 57.8. The Morgan fingerprint density at radius 1 is 1.04 bits per heavy atom. The highest BCUT2D eigenvalue weighted by Crippen LogP contribution is 2.27. The maximum atomic E-state index is 12.6. The van der Waals surface area contributed by atoms with E-state index in [1.165, 1.54) is 30.3 Å². The molecule has 0 spiro atoms. The van der Waals surface area contributed by atoms with Gasteiger partial charge in [-0.05, 0) is 42.8 Å². The number of carboxylic acids is 1. The molecule has 0 radical (unpaired) electrons. The third kappa shape index (κ3) is 5.86. The molecule has 3 N–H and O–H groups in total. The fraction of sp³-hybridized carbons (Fsp3) is 0.188. The van der Waals surface area contributed by atoms with Gasteiger partial charge in [0.05, 0.1) is 22.5 Å². The lowest BCUT2D eigenvalue weighted by Gasteiger charge is -2.14. The minimum Gasteiger partial charge on any atom is -0.482 e. The van der Waals surface area contributed by atoms with Crippen molar-refractivity contribution in [1.29, 1.82) is 0 Å². The molecule has 11 heteroatoms. The van der Waals surface area contributed by atoms with E-state index in [1.54, 1.807) is 19.1 Å². The Kier molecular flexibility index (Phi) is 5.96. The molecule has 0 saturated carbocycles. The van der Waals surface area contributed by atoms with E-state index in [2.05, 4.69) is 9.44 Å². The Balaban J connectivity index is 2.30. The number of para-hydroxylation sites is 2. The average Bonchev–Trinajstić information content (AvgIpc) is 2.54. The van der Waals surface area contributed by atoms with Crippen LogP contribution in [0.2, 0.25) is 0 Å². The molecule has 0 aliphatic rings. The number of aryl methyl sites for hydroxylation is 1. The molecule has 27 heavy (non-hydrogen) atoms. The van der Waals surface area contributed by atoms with Gasteiger partial charge < -0.3 is 9.84 Å². The summed E-state index contributed by atoms with van der Waals surface area (Å²) in [5.74, 6) is -0.904. The number of ether oxygens (including phenoxy) is 1. The van der Waals surface area contributed by atoms with Crippen molar-refractivity contribution in [2.24, 2.45) is 0 Å². The molecule has 146 valence electrons. The van der Waals surface area contributed by atoms with Crippen LogP contribution < -0.4 is 14.2 Å². The summed E-state index contributed by atoms with van der Waals surface area (Å²) in [5.41, 5.74) is 0.579. The lowest BCUT2D eigenvalue weighted by Crippen LogP contribution is -2.17. The standard InChI is InChI=1S/C16H18N2O7S2/c1-11-9-12(7-8-15(11)25-10-16(19)20)27(23,24)18-14-6-4-3-5-13(14)17-26(2,21)22/h3-9,17-18H,10H2,1-2H3,(H,19,20). The number of carboxylic acid groups (broad SMARTS) is 1. The number of rotatable bonds is 8. The molecular formula is C16H18N2O7S2. The zero-order valence-corrected chi connectivity index (χ0v) is 16.1. The van der Waals surface area contributed by atoms with Crippen molar-refractivity contribution in [3.8, 4) is 5.75 Å². The Bertz CT molecular complexity index is 1060. The van der Waals surface area contributed by atoms with Gasteiger partial charge >= 0.3 is 5.97 Å². The number of hydrogen-bond acceptors (Lipinski definition) is 6. The molecule has 2 rings (SSSR count). The maximum absolute atomic E-state index is 12.6. The normalized spacial score (nSPS) is 11.6. The predicted octanol–water partition coefficient (Wildman–Crippen LogP) is 1.63. The highest BCUT2D eigenvalue weighted by atomic mass is 32.2. The van der Waals surface area contributed by atoms with Crippen molar-refractivity contribution >= 4 is 37.4 Å². The van der Waals surface area contributed by atoms with Crippen LogP contribution in [0.4, 0.5) is 11.4 Å². The molecule has 0 fully saturated rings. The van der Waals surface area contributed by atoms with Crippen LogP contribution in [0, 0.1) is 6.92 Å². The predicted molar refractivity (Wildman–Crippen MR) is 100 cm³/mol. The van der Waals surface area contributed by atoms with E-state index in [-0.39, 0.29) is 22.0 Å². The van der Waals surface area contributed by atoms with Crippen LogP contribution in [0.15, 0.2) is 47.4 Å². The highest BCUT2D eigenvalue weighted by Gasteiger charge is 2.18. The van der Waals surface area contributed by atoms with Gasteiger partial charge in [-0.25, -0.2) is 21.6 Å². The Hall–Kier alpha value is -2.79. The van der Waals surface area contributed by atoms with Gasteiger partial charge in [-0.1, -0.05) is 12.1 Å². The van der Waals surface area contributed by atoms with E-state index in [1.807, 2.05) is 0 Å². The summed E-state index contributed by atoms with van der Waals surface area (Å²) in [4.78, 5) is 10.5. The van der Waals surface area contributed by atoms with Gasteiger partial charge in [-0.15, -0.1) is 0 Å². The highest BCUT2D eigenvalue weighted by molar-refractivity contribution is 7.93. The van der Waals surface area contributed by atoms with Crippen LogP contribution >= 0.6 is 0 Å². The van der Waals surface area contributed by atoms with Crippen LogP contribution in [-0.2, 0) is 24.8 Å². The number of benzene rings is 2. The minimum atomic E-state index is -4.02. The number of anilines is 2. The smallest absolute Gasteiger partial charge is 0.341 e. The third-order valence-corrected chi connectivity index (χ3v) is 5.23. The molecule has 2 aromatic carbocycles. The first-order valence-corrected chi connectivity index (χ1v) is 10.9. The number of sulfonamides is 2. The largest absolute Gasteiger partial charge is 0.482 e. The van der Waals surface area contributed by atoms with Gasteiger partial charge in [0.25, 0.3) is 10.0 Å². The van der Waals surface area contributed by atoms with Crippen molar-refractivity contribution < 1.29 is 31.5 Å². The molecule has 0 bridgehead atoms. The monoisotopic (exact) mass is 414 g/mol. The molecular weight excluding hydrogens is 396 g/mol. The molecule has 0 aliphatic heterocycles. The fourth-order valence-corrected chi connectivity index (χ4v) is 3.90. The first-order valence-electron chi connectivity index (χ1n) is 7.53. The molecule has 0 amide bonds. The second-order valence-electron chi connectivity index (χ2n) is 5.64. The van der Waals surface area contributed by atoms with Crippen LogP contribution in [0.3, 0.4) is 0 Å². The lowest BCUT2D eigenvalue weighted by atomic mass is 10.2. The van der Waals surface area contributed by atoms with Crippen molar-refractivity contribution in [1.82, 2.24) is 0 Å². The summed E-state index contributed by atoms with van der Waals surface area (Å²) in [5, 5.41) is 8.64. The van der Waals surface area contributed by atoms with Gasteiger partial charge in [-0.2, -0.15) is 0 Å². The van der Waals surface area contributed by atoms with E-state index in [0.29, 0.717) is 5.56 Å². The number of nitrogens with one attached hydrogen (secondary N) is 2. The summed E-state index contributed by atoms with van der Waals surface area (Å²) in [6, 6.07) is 9.90. The van der Waals surface area contributed by atoms with Crippen LogP contribution in [0.1, 0.15) is 5.56 Å². The molecule has 0 heterocycles. The van der Waals surface area contributed by atoms with E-state index >= 15 is 0 Å². The van der Waals surface area contributed by atoms with E-state index in [9.17, 15) is 21.6 Å². The molecule has 0 atom stereocenters. The molecule has 2 aromatic rings. The first-order chi connectivity index (χ1) is 12.5. The van der Waals surface area contributed by atoms with E-state index < -0.39 is 32.6 Å². The van der Waals surface area contributed by atoms with Crippen LogP contribution in [-0.4, -0.2) is 40.8 Å². The second kappa shape index (κ2) is 7.84. The number of carbonyl (C=O) groups is 1. The lowest BCUT2D eigenvalue weighted by molar-refractivity contribution is -0.139. The van der Waals surface area contributed by atoms with Gasteiger partial charge in [0.1, 0.15) is 5.75 Å². The van der Waals surface area contributed by atoms with Gasteiger partial charge in [0, 0.05) is 0 Å². The van der Waals surface area contributed by atoms with Gasteiger partial charge in [0.2, 0.25) is 10.0 Å². The summed E-state index contributed by atoms with van der Waals surface area (Å²) in [7, 11) is -7.61. The van der Waals surface area contributed by atoms with Crippen molar-refractivity contribution in [3.63, 3.8) is 0 Å². The zero-order chi connectivity index (χ0) is 20.2. The Morgan fingerprint density at radius 2 is 1.63 bits per heavy atom. The first kappa shape index (κ1) is 20.5. The summed E-state index contributed by atoms with van der Waals surface area (Å²) in [6.45, 7) is 1.03. The molecule has 0 saturated heterocycles. The van der Waals surface area contributed by atoms with Crippen molar-refractivity contribution in [2.75, 3.05) is 22.3 Å². The van der Waals surface area contributed by atoms with Crippen LogP contribution in [0.25, 0.3) is 0 Å². The minimum absolute atomic E-state index is 0.0618. The quantitative estimate of drug-likeness (QED) is 0.596.